The van der Waals surface area contributed by atoms with E-state index in [-0.39, 0.29) is 10.7 Å². The summed E-state index contributed by atoms with van der Waals surface area (Å²) in [7, 11) is 0. The van der Waals surface area contributed by atoms with Gasteiger partial charge in [0, 0.05) is 16.8 Å². The van der Waals surface area contributed by atoms with Gasteiger partial charge in [0.1, 0.15) is 0 Å². The second-order valence-electron chi connectivity index (χ2n) is 4.32. The van der Waals surface area contributed by atoms with E-state index >= 15 is 0 Å². The quantitative estimate of drug-likeness (QED) is 0.782. The molecule has 0 aliphatic rings. The summed E-state index contributed by atoms with van der Waals surface area (Å²) in [5.74, 6) is 0. The molecule has 0 saturated carbocycles. The molecule has 0 amide bonds. The van der Waals surface area contributed by atoms with Gasteiger partial charge in [-0.05, 0) is 29.8 Å². The monoisotopic (exact) mass is 317 g/mol. The van der Waals surface area contributed by atoms with E-state index < -0.39 is 0 Å². The molecule has 21 heavy (non-hydrogen) atoms. The summed E-state index contributed by atoms with van der Waals surface area (Å²) in [6.45, 7) is 0. The molecule has 1 N–H and O–H groups in total. The first kappa shape index (κ1) is 13.8. The highest BCUT2D eigenvalue weighted by molar-refractivity contribution is 6.33. The Balaban J connectivity index is 2.32. The summed E-state index contributed by atoms with van der Waals surface area (Å²) in [4.78, 5) is 16.4. The van der Waals surface area contributed by atoms with Crippen LogP contribution in [0.5, 0.6) is 0 Å². The number of hydrogen-bond acceptors (Lipinski definition) is 3. The molecule has 0 unspecified atom stereocenters. The number of benzene rings is 1. The zero-order valence-corrected chi connectivity index (χ0v) is 12.2. The van der Waals surface area contributed by atoms with E-state index in [1.54, 1.807) is 42.6 Å². The number of nitrogens with one attached hydrogen (secondary N) is 1. The highest BCUT2D eigenvalue weighted by atomic mass is 35.5. The highest BCUT2D eigenvalue weighted by Gasteiger charge is 2.17. The van der Waals surface area contributed by atoms with Crippen LogP contribution >= 0.6 is 23.2 Å². The number of H-pyrrole nitrogens is 1. The van der Waals surface area contributed by atoms with Crippen molar-refractivity contribution in [1.82, 2.24) is 15.2 Å². The number of hydrogen-bond donors (Lipinski definition) is 1. The lowest BCUT2D eigenvalue weighted by atomic mass is 10.0. The second kappa shape index (κ2) is 5.68. The van der Waals surface area contributed by atoms with Crippen molar-refractivity contribution in [3.63, 3.8) is 0 Å². The Bertz CT molecular complexity index is 830. The van der Waals surface area contributed by atoms with Crippen LogP contribution in [0.1, 0.15) is 0 Å². The van der Waals surface area contributed by atoms with Gasteiger partial charge in [-0.25, -0.2) is 5.10 Å². The predicted molar refractivity (Wildman–Crippen MR) is 83.5 cm³/mol. The summed E-state index contributed by atoms with van der Waals surface area (Å²) >= 11 is 12.1. The summed E-state index contributed by atoms with van der Waals surface area (Å²) in [5, 5.41) is 7.03. The first-order valence-corrected chi connectivity index (χ1v) is 6.88. The lowest BCUT2D eigenvalue weighted by Crippen LogP contribution is -2.13. The Kier molecular flexibility index (Phi) is 3.73. The maximum Gasteiger partial charge on any atom is 0.274 e. The molecule has 0 bridgehead atoms. The van der Waals surface area contributed by atoms with Crippen LogP contribution < -0.4 is 5.56 Å². The molecule has 0 saturated heterocycles. The minimum absolute atomic E-state index is 0.206. The largest absolute Gasteiger partial charge is 0.274 e. The van der Waals surface area contributed by atoms with Gasteiger partial charge in [0.05, 0.1) is 11.3 Å². The van der Waals surface area contributed by atoms with E-state index in [0.717, 1.165) is 5.56 Å². The maximum atomic E-state index is 12.2. The molecule has 0 spiro atoms. The Morgan fingerprint density at radius 3 is 2.38 bits per heavy atom. The van der Waals surface area contributed by atoms with Crippen LogP contribution in [-0.4, -0.2) is 15.2 Å². The Morgan fingerprint density at radius 1 is 0.952 bits per heavy atom. The average Bonchev–Trinajstić information content (AvgIpc) is 2.51. The zero-order chi connectivity index (χ0) is 14.8. The van der Waals surface area contributed by atoms with Gasteiger partial charge in [-0.15, -0.1) is 0 Å². The Labute approximate surface area is 130 Å². The molecule has 3 aromatic rings. The molecule has 3 rings (SSSR count). The molecule has 4 nitrogen and oxygen atoms in total. The normalized spacial score (nSPS) is 10.6. The molecule has 0 radical (unpaired) electrons. The molecule has 2 aromatic heterocycles. The highest BCUT2D eigenvalue weighted by Crippen LogP contribution is 2.33. The van der Waals surface area contributed by atoms with Crippen molar-refractivity contribution in [2.24, 2.45) is 0 Å². The van der Waals surface area contributed by atoms with Crippen molar-refractivity contribution in [2.45, 2.75) is 0 Å². The third-order valence-electron chi connectivity index (χ3n) is 2.99. The topological polar surface area (TPSA) is 58.6 Å². The third kappa shape index (κ3) is 2.68. The smallest absolute Gasteiger partial charge is 0.267 e. The van der Waals surface area contributed by atoms with Gasteiger partial charge in [0.25, 0.3) is 5.56 Å². The number of aromatic nitrogens is 3. The summed E-state index contributed by atoms with van der Waals surface area (Å²) in [6.07, 6.45) is 1.62. The summed E-state index contributed by atoms with van der Waals surface area (Å²) in [6, 6.07) is 12.4. The minimum atomic E-state index is -0.344. The second-order valence-corrected chi connectivity index (χ2v) is 5.11. The molecule has 104 valence electrons. The SMILES string of the molecule is O=c1[nH]nc(Cl)c(-c2ccc(Cl)cc2)c1-c1ccccn1. The van der Waals surface area contributed by atoms with Crippen molar-refractivity contribution in [3.8, 4) is 22.4 Å². The molecular weight excluding hydrogens is 309 g/mol. The van der Waals surface area contributed by atoms with Gasteiger partial charge in [-0.3, -0.25) is 9.78 Å². The third-order valence-corrected chi connectivity index (χ3v) is 3.52. The molecular formula is C15H9Cl2N3O. The molecule has 0 aliphatic carbocycles. The van der Waals surface area contributed by atoms with Crippen molar-refractivity contribution in [2.75, 3.05) is 0 Å². The lowest BCUT2D eigenvalue weighted by Gasteiger charge is -2.09. The number of rotatable bonds is 2. The minimum Gasteiger partial charge on any atom is -0.267 e. The number of nitrogens with zero attached hydrogens (tertiary/aromatic N) is 2. The number of pyridine rings is 1. The molecule has 0 fully saturated rings. The van der Waals surface area contributed by atoms with E-state index in [1.807, 2.05) is 6.07 Å². The van der Waals surface area contributed by atoms with Crippen LogP contribution in [0.15, 0.2) is 53.5 Å². The van der Waals surface area contributed by atoms with E-state index in [4.69, 9.17) is 23.2 Å². The van der Waals surface area contributed by atoms with Crippen LogP contribution in [-0.2, 0) is 0 Å². The summed E-state index contributed by atoms with van der Waals surface area (Å²) in [5.41, 5.74) is 1.87. The summed E-state index contributed by atoms with van der Waals surface area (Å²) < 4.78 is 0. The van der Waals surface area contributed by atoms with Gasteiger partial charge >= 0.3 is 0 Å². The number of halogens is 2. The van der Waals surface area contributed by atoms with Gasteiger partial charge in [-0.2, -0.15) is 5.10 Å². The van der Waals surface area contributed by atoms with Crippen LogP contribution in [0.4, 0.5) is 0 Å². The van der Waals surface area contributed by atoms with Crippen LogP contribution in [0.3, 0.4) is 0 Å². The van der Waals surface area contributed by atoms with Crippen LogP contribution in [0, 0.1) is 0 Å². The van der Waals surface area contributed by atoms with E-state index in [0.29, 0.717) is 21.8 Å². The number of aromatic amines is 1. The maximum absolute atomic E-state index is 12.2. The van der Waals surface area contributed by atoms with E-state index in [2.05, 4.69) is 15.2 Å². The molecule has 0 atom stereocenters. The predicted octanol–water partition coefficient (Wildman–Crippen LogP) is 3.81. The molecule has 2 heterocycles. The molecule has 0 aliphatic heterocycles. The van der Waals surface area contributed by atoms with Gasteiger partial charge in [0.15, 0.2) is 5.15 Å². The van der Waals surface area contributed by atoms with Crippen LogP contribution in [0.25, 0.3) is 22.4 Å². The average molecular weight is 318 g/mol. The van der Waals surface area contributed by atoms with Gasteiger partial charge < -0.3 is 0 Å². The van der Waals surface area contributed by atoms with E-state index in [9.17, 15) is 4.79 Å². The van der Waals surface area contributed by atoms with Crippen molar-refractivity contribution < 1.29 is 0 Å². The Hall–Kier alpha value is -2.17. The fourth-order valence-electron chi connectivity index (χ4n) is 2.06. The lowest BCUT2D eigenvalue weighted by molar-refractivity contribution is 0.991. The van der Waals surface area contributed by atoms with Crippen molar-refractivity contribution >= 4 is 23.2 Å². The van der Waals surface area contributed by atoms with E-state index in [1.165, 1.54) is 0 Å². The van der Waals surface area contributed by atoms with Gasteiger partial charge in [-0.1, -0.05) is 41.4 Å². The fraction of sp³-hybridized carbons (Fsp3) is 0. The first-order chi connectivity index (χ1) is 10.2. The Morgan fingerprint density at radius 2 is 1.71 bits per heavy atom. The zero-order valence-electron chi connectivity index (χ0n) is 10.7. The molecule has 6 heteroatoms. The fourth-order valence-corrected chi connectivity index (χ4v) is 2.44. The van der Waals surface area contributed by atoms with Crippen molar-refractivity contribution in [1.29, 1.82) is 0 Å². The first-order valence-electron chi connectivity index (χ1n) is 6.12. The van der Waals surface area contributed by atoms with Gasteiger partial charge in [0.2, 0.25) is 0 Å². The van der Waals surface area contributed by atoms with Crippen molar-refractivity contribution in [3.05, 3.63) is 69.2 Å². The molecule has 1 aromatic carbocycles. The standard InChI is InChI=1S/C15H9Cl2N3O/c16-10-6-4-9(5-7-10)12-13(11-3-1-2-8-18-11)15(21)20-19-14(12)17/h1-8H,(H,20,21). The van der Waals surface area contributed by atoms with Crippen LogP contribution in [0.2, 0.25) is 10.2 Å².